The molecule has 0 amide bonds. The standard InChI is InChI=1S/C29H28O2P2/c1-21-11-4-6-14-25(21)32(26-15-7-5-12-22(26)2)23(3)24-13-8-16-27(24)33(28-17-9-19-30-28)29-18-10-20-31-29/h4-20,23,27H,1-3H3/t23-,27?/m0/s1. The number of allylic oxidation sites excluding steroid dienone is 4. The van der Waals surface area contributed by atoms with Crippen molar-refractivity contribution in [3.05, 3.63) is 120 Å². The van der Waals surface area contributed by atoms with E-state index in [9.17, 15) is 0 Å². The number of hydrogen-bond donors (Lipinski definition) is 0. The highest BCUT2D eigenvalue weighted by Crippen LogP contribution is 2.53. The maximum atomic E-state index is 5.94. The summed E-state index contributed by atoms with van der Waals surface area (Å²) in [5, 5.41) is 2.92. The molecule has 0 saturated carbocycles. The molecule has 2 aromatic heterocycles. The molecule has 2 aromatic carbocycles. The molecule has 0 aliphatic heterocycles. The lowest BCUT2D eigenvalue weighted by Crippen LogP contribution is -2.29. The fourth-order valence-electron chi connectivity index (χ4n) is 4.66. The first-order valence-electron chi connectivity index (χ1n) is 11.3. The summed E-state index contributed by atoms with van der Waals surface area (Å²) in [6.07, 6.45) is 10.4. The Morgan fingerprint density at radius 3 is 1.76 bits per heavy atom. The minimum Gasteiger partial charge on any atom is -0.464 e. The average Bonchev–Trinajstić information content (AvgIpc) is 3.61. The molecule has 0 spiro atoms. The van der Waals surface area contributed by atoms with E-state index in [1.807, 2.05) is 12.1 Å². The van der Waals surface area contributed by atoms with Gasteiger partial charge in [-0.1, -0.05) is 79.3 Å². The van der Waals surface area contributed by atoms with Gasteiger partial charge in [-0.3, -0.25) is 0 Å². The van der Waals surface area contributed by atoms with Crippen molar-refractivity contribution < 1.29 is 8.83 Å². The van der Waals surface area contributed by atoms with E-state index in [1.165, 1.54) is 27.3 Å². The van der Waals surface area contributed by atoms with E-state index in [1.54, 1.807) is 12.5 Å². The highest BCUT2D eigenvalue weighted by Gasteiger charge is 2.37. The maximum absolute atomic E-state index is 5.94. The normalized spacial score (nSPS) is 16.5. The van der Waals surface area contributed by atoms with Crippen LogP contribution in [0.1, 0.15) is 18.1 Å². The van der Waals surface area contributed by atoms with Crippen molar-refractivity contribution in [2.24, 2.45) is 0 Å². The second kappa shape index (κ2) is 9.68. The molecule has 0 N–H and O–H groups in total. The smallest absolute Gasteiger partial charge is 0.134 e. The summed E-state index contributed by atoms with van der Waals surface area (Å²) in [5.41, 5.74) is 6.83. The fraction of sp³-hybridized carbons (Fsp3) is 0.172. The first-order chi connectivity index (χ1) is 16.1. The van der Waals surface area contributed by atoms with Gasteiger partial charge in [0.05, 0.1) is 12.5 Å². The predicted molar refractivity (Wildman–Crippen MR) is 143 cm³/mol. The Morgan fingerprint density at radius 2 is 1.27 bits per heavy atom. The van der Waals surface area contributed by atoms with Crippen LogP contribution in [0.2, 0.25) is 0 Å². The summed E-state index contributed by atoms with van der Waals surface area (Å²) in [4.78, 5) is 0. The zero-order valence-electron chi connectivity index (χ0n) is 19.2. The Bertz CT molecular complexity index is 1190. The van der Waals surface area contributed by atoms with Crippen molar-refractivity contribution in [2.75, 3.05) is 0 Å². The first kappa shape index (κ1) is 22.1. The molecule has 2 nitrogen and oxygen atoms in total. The van der Waals surface area contributed by atoms with E-state index < -0.39 is 15.8 Å². The SMILES string of the molecule is Cc1ccccc1P(c1ccccc1C)[C@@H](C)C1=CC=CC1P(c1ccco1)c1ccco1. The van der Waals surface area contributed by atoms with Gasteiger partial charge >= 0.3 is 0 Å². The van der Waals surface area contributed by atoms with Crippen molar-refractivity contribution in [1.82, 2.24) is 0 Å². The van der Waals surface area contributed by atoms with Gasteiger partial charge in [-0.05, 0) is 67.8 Å². The number of benzene rings is 2. The fourth-order valence-corrected chi connectivity index (χ4v) is 10.3. The van der Waals surface area contributed by atoms with Crippen LogP contribution in [0.3, 0.4) is 0 Å². The average molecular weight is 470 g/mol. The summed E-state index contributed by atoms with van der Waals surface area (Å²) in [6, 6.07) is 25.9. The van der Waals surface area contributed by atoms with E-state index >= 15 is 0 Å². The van der Waals surface area contributed by atoms with Crippen molar-refractivity contribution in [1.29, 1.82) is 0 Å². The van der Waals surface area contributed by atoms with Crippen molar-refractivity contribution in [3.63, 3.8) is 0 Å². The molecule has 1 aliphatic rings. The van der Waals surface area contributed by atoms with E-state index in [0.29, 0.717) is 5.66 Å². The van der Waals surface area contributed by atoms with E-state index in [4.69, 9.17) is 8.83 Å². The minimum absolute atomic E-state index is 0.255. The second-order valence-corrected chi connectivity index (χ2v) is 13.0. The van der Waals surface area contributed by atoms with E-state index in [-0.39, 0.29) is 5.66 Å². The third-order valence-corrected chi connectivity index (χ3v) is 11.9. The molecule has 4 heteroatoms. The van der Waals surface area contributed by atoms with Gasteiger partial charge in [0.15, 0.2) is 0 Å². The highest BCUT2D eigenvalue weighted by atomic mass is 31.1. The predicted octanol–water partition coefficient (Wildman–Crippen LogP) is 6.31. The van der Waals surface area contributed by atoms with Gasteiger partial charge in [0.1, 0.15) is 11.0 Å². The summed E-state index contributed by atoms with van der Waals surface area (Å²) in [7, 11) is -1.40. The van der Waals surface area contributed by atoms with Gasteiger partial charge in [0.25, 0.3) is 0 Å². The molecule has 1 aliphatic carbocycles. The lowest BCUT2D eigenvalue weighted by Gasteiger charge is -2.33. The van der Waals surface area contributed by atoms with Crippen LogP contribution in [0.5, 0.6) is 0 Å². The molecule has 0 radical (unpaired) electrons. The largest absolute Gasteiger partial charge is 0.464 e. The number of furan rings is 2. The molecule has 0 fully saturated rings. The van der Waals surface area contributed by atoms with Crippen LogP contribution in [-0.4, -0.2) is 11.3 Å². The lowest BCUT2D eigenvalue weighted by atomic mass is 10.2. The lowest BCUT2D eigenvalue weighted by molar-refractivity contribution is 0.592. The molecule has 33 heavy (non-hydrogen) atoms. The summed E-state index contributed by atoms with van der Waals surface area (Å²) >= 11 is 0. The molecule has 2 atom stereocenters. The van der Waals surface area contributed by atoms with Crippen LogP contribution in [0, 0.1) is 13.8 Å². The van der Waals surface area contributed by atoms with Gasteiger partial charge in [0.2, 0.25) is 0 Å². The molecule has 0 bridgehead atoms. The molecule has 2 heterocycles. The van der Waals surface area contributed by atoms with Crippen LogP contribution >= 0.6 is 15.8 Å². The van der Waals surface area contributed by atoms with Gasteiger partial charge in [-0.15, -0.1) is 0 Å². The molecular weight excluding hydrogens is 442 g/mol. The van der Waals surface area contributed by atoms with E-state index in [0.717, 1.165) is 11.0 Å². The Morgan fingerprint density at radius 1 is 0.727 bits per heavy atom. The molecule has 5 rings (SSSR count). The topological polar surface area (TPSA) is 26.3 Å². The van der Waals surface area contributed by atoms with E-state index in [2.05, 4.69) is 99.7 Å². The van der Waals surface area contributed by atoms with Crippen molar-refractivity contribution in [3.8, 4) is 0 Å². The number of aryl methyl sites for hydroxylation is 2. The van der Waals surface area contributed by atoms with Gasteiger partial charge in [-0.25, -0.2) is 0 Å². The van der Waals surface area contributed by atoms with Crippen LogP contribution in [0.25, 0.3) is 0 Å². The third kappa shape index (κ3) is 4.31. The molecule has 0 saturated heterocycles. The highest BCUT2D eigenvalue weighted by molar-refractivity contribution is 7.75. The maximum Gasteiger partial charge on any atom is 0.134 e. The minimum atomic E-state index is -0.806. The number of hydrogen-bond acceptors (Lipinski definition) is 2. The zero-order valence-corrected chi connectivity index (χ0v) is 21.0. The van der Waals surface area contributed by atoms with Crippen LogP contribution in [0.4, 0.5) is 0 Å². The second-order valence-electron chi connectivity index (χ2n) is 8.39. The van der Waals surface area contributed by atoms with Crippen LogP contribution in [0.15, 0.2) is 118 Å². The molecular formula is C29H28O2P2. The Balaban J connectivity index is 1.59. The quantitative estimate of drug-likeness (QED) is 0.296. The first-order valence-corrected chi connectivity index (χ1v) is 14.1. The monoisotopic (exact) mass is 470 g/mol. The molecule has 1 unspecified atom stereocenters. The van der Waals surface area contributed by atoms with Crippen molar-refractivity contribution >= 4 is 37.5 Å². The Kier molecular flexibility index (Phi) is 6.50. The Hall–Kier alpha value is -2.66. The van der Waals surface area contributed by atoms with Crippen LogP contribution in [-0.2, 0) is 0 Å². The van der Waals surface area contributed by atoms with Crippen molar-refractivity contribution in [2.45, 2.75) is 32.1 Å². The Labute approximate surface area is 198 Å². The van der Waals surface area contributed by atoms with Crippen LogP contribution < -0.4 is 21.6 Å². The summed E-state index contributed by atoms with van der Waals surface area (Å²) in [5.74, 6) is 0. The summed E-state index contributed by atoms with van der Waals surface area (Å²) in [6.45, 7) is 6.90. The molecule has 166 valence electrons. The van der Waals surface area contributed by atoms with Gasteiger partial charge < -0.3 is 8.83 Å². The molecule has 4 aromatic rings. The zero-order chi connectivity index (χ0) is 22.8. The van der Waals surface area contributed by atoms with Gasteiger partial charge in [-0.2, -0.15) is 0 Å². The number of rotatable bonds is 7. The van der Waals surface area contributed by atoms with Gasteiger partial charge in [0, 0.05) is 19.2 Å². The third-order valence-electron chi connectivity index (χ3n) is 6.31. The summed E-state index contributed by atoms with van der Waals surface area (Å²) < 4.78 is 11.9.